The van der Waals surface area contributed by atoms with E-state index in [0.29, 0.717) is 35.6 Å². The minimum atomic E-state index is -3.57. The first-order valence-corrected chi connectivity index (χ1v) is 13.8. The fourth-order valence-electron chi connectivity index (χ4n) is 3.79. The third kappa shape index (κ3) is 5.09. The predicted octanol–water partition coefficient (Wildman–Crippen LogP) is 5.55. The first-order chi connectivity index (χ1) is 14.7. The maximum absolute atomic E-state index is 13.0. The number of rotatable bonds is 5. The molecule has 0 saturated carbocycles. The van der Waals surface area contributed by atoms with Crippen molar-refractivity contribution in [3.05, 3.63) is 51.1 Å². The van der Waals surface area contributed by atoms with Crippen LogP contribution in [-0.2, 0) is 10.0 Å². The summed E-state index contributed by atoms with van der Waals surface area (Å²) in [6.07, 6.45) is 1.04. The van der Waals surface area contributed by atoms with Gasteiger partial charge in [0.1, 0.15) is 0 Å². The highest BCUT2D eigenvalue weighted by molar-refractivity contribution is 9.11. The number of thiazole rings is 1. The number of hydrogen-bond acceptors (Lipinski definition) is 6. The first kappa shape index (κ1) is 22.6. The second kappa shape index (κ2) is 9.11. The summed E-state index contributed by atoms with van der Waals surface area (Å²) in [6, 6.07) is 10.0. The van der Waals surface area contributed by atoms with Crippen molar-refractivity contribution in [1.82, 2.24) is 9.29 Å². The summed E-state index contributed by atoms with van der Waals surface area (Å²) < 4.78 is 28.6. The topological polar surface area (TPSA) is 79.4 Å². The normalized spacial score (nSPS) is 20.0. The van der Waals surface area contributed by atoms with Gasteiger partial charge in [-0.15, -0.1) is 22.7 Å². The molecule has 0 spiro atoms. The molecule has 1 fully saturated rings. The van der Waals surface area contributed by atoms with Gasteiger partial charge in [-0.2, -0.15) is 4.31 Å². The van der Waals surface area contributed by atoms with Crippen LogP contribution in [0.15, 0.2) is 50.5 Å². The number of benzene rings is 1. The molecule has 1 N–H and O–H groups in total. The smallest absolute Gasteiger partial charge is 0.257 e. The molecule has 3 heterocycles. The molecule has 31 heavy (non-hydrogen) atoms. The number of anilines is 1. The van der Waals surface area contributed by atoms with Gasteiger partial charge in [0.25, 0.3) is 5.91 Å². The lowest BCUT2D eigenvalue weighted by Crippen LogP contribution is -2.42. The van der Waals surface area contributed by atoms with Crippen molar-refractivity contribution in [3.63, 3.8) is 0 Å². The van der Waals surface area contributed by atoms with Gasteiger partial charge in [0, 0.05) is 24.0 Å². The van der Waals surface area contributed by atoms with Crippen molar-refractivity contribution in [2.24, 2.45) is 11.8 Å². The van der Waals surface area contributed by atoms with Crippen molar-refractivity contribution < 1.29 is 13.2 Å². The quantitative estimate of drug-likeness (QED) is 0.460. The van der Waals surface area contributed by atoms with Gasteiger partial charge in [-0.05, 0) is 70.6 Å². The maximum atomic E-state index is 13.0. The predicted molar refractivity (Wildman–Crippen MR) is 129 cm³/mol. The second-order valence-corrected chi connectivity index (χ2v) is 13.1. The molecule has 0 radical (unpaired) electrons. The highest BCUT2D eigenvalue weighted by Crippen LogP contribution is 2.33. The monoisotopic (exact) mass is 539 g/mol. The molecule has 0 unspecified atom stereocenters. The Bertz CT molecular complexity index is 1180. The van der Waals surface area contributed by atoms with Crippen LogP contribution >= 0.6 is 38.6 Å². The summed E-state index contributed by atoms with van der Waals surface area (Å²) in [5, 5.41) is 5.18. The molecule has 1 amide bonds. The van der Waals surface area contributed by atoms with Crippen molar-refractivity contribution in [2.45, 2.75) is 25.2 Å². The molecule has 1 saturated heterocycles. The SMILES string of the molecule is C[C@@H]1C[C@@H](C)CN(S(=O)(=O)c2ccc(C(=O)Nc3nc(-c4ccc(Br)s4)cs3)cc2)C1. The third-order valence-electron chi connectivity index (χ3n) is 5.14. The number of carbonyl (C=O) groups is 1. The Morgan fingerprint density at radius 3 is 2.42 bits per heavy atom. The number of thiophene rings is 1. The largest absolute Gasteiger partial charge is 0.298 e. The number of aromatic nitrogens is 1. The van der Waals surface area contributed by atoms with Crippen LogP contribution in [0.5, 0.6) is 0 Å². The third-order valence-corrected chi connectivity index (χ3v) is 9.39. The molecule has 4 rings (SSSR count). The van der Waals surface area contributed by atoms with E-state index in [2.05, 4.69) is 40.1 Å². The molecule has 6 nitrogen and oxygen atoms in total. The van der Waals surface area contributed by atoms with Gasteiger partial charge in [-0.25, -0.2) is 13.4 Å². The molecular formula is C21H22BrN3O3S3. The zero-order chi connectivity index (χ0) is 22.2. The minimum absolute atomic E-state index is 0.213. The molecule has 2 atom stereocenters. The molecule has 1 aromatic carbocycles. The molecule has 0 bridgehead atoms. The van der Waals surface area contributed by atoms with Crippen LogP contribution in [0.4, 0.5) is 5.13 Å². The van der Waals surface area contributed by atoms with Gasteiger partial charge in [0.05, 0.1) is 19.3 Å². The van der Waals surface area contributed by atoms with E-state index in [9.17, 15) is 13.2 Å². The summed E-state index contributed by atoms with van der Waals surface area (Å²) in [5.74, 6) is 0.349. The van der Waals surface area contributed by atoms with Crippen molar-refractivity contribution >= 4 is 59.7 Å². The Balaban J connectivity index is 1.45. The van der Waals surface area contributed by atoms with Crippen LogP contribution in [-0.4, -0.2) is 36.7 Å². The number of nitrogens with zero attached hydrogens (tertiary/aromatic N) is 2. The number of hydrogen-bond donors (Lipinski definition) is 1. The van der Waals surface area contributed by atoms with Crippen molar-refractivity contribution in [1.29, 1.82) is 0 Å². The van der Waals surface area contributed by atoms with E-state index in [-0.39, 0.29) is 10.8 Å². The summed E-state index contributed by atoms with van der Waals surface area (Å²) in [5.41, 5.74) is 1.19. The Labute approximate surface area is 198 Å². The summed E-state index contributed by atoms with van der Waals surface area (Å²) >= 11 is 6.36. The molecular weight excluding hydrogens is 518 g/mol. The van der Waals surface area contributed by atoms with Crippen LogP contribution < -0.4 is 5.32 Å². The van der Waals surface area contributed by atoms with E-state index >= 15 is 0 Å². The number of nitrogens with one attached hydrogen (secondary N) is 1. The number of piperidine rings is 1. The Kier molecular flexibility index (Phi) is 6.64. The van der Waals surface area contributed by atoms with Crippen LogP contribution in [0.25, 0.3) is 10.6 Å². The highest BCUT2D eigenvalue weighted by Gasteiger charge is 2.31. The molecule has 3 aromatic rings. The minimum Gasteiger partial charge on any atom is -0.298 e. The highest BCUT2D eigenvalue weighted by atomic mass is 79.9. The lowest BCUT2D eigenvalue weighted by Gasteiger charge is -2.34. The summed E-state index contributed by atoms with van der Waals surface area (Å²) in [7, 11) is -3.57. The standard InChI is InChI=1S/C21H22BrN3O3S3/c1-13-9-14(2)11-25(10-13)31(27,28)16-5-3-15(4-6-16)20(26)24-21-23-17(12-29-21)18-7-8-19(22)30-18/h3-8,12-14H,9-11H2,1-2H3,(H,23,24,26)/t13-,14-/m1/s1. The van der Waals surface area contributed by atoms with Crippen LogP contribution in [0.2, 0.25) is 0 Å². The van der Waals surface area contributed by atoms with E-state index in [1.54, 1.807) is 27.8 Å². The van der Waals surface area contributed by atoms with Crippen molar-refractivity contribution in [2.75, 3.05) is 18.4 Å². The lowest BCUT2D eigenvalue weighted by molar-refractivity contribution is 0.102. The molecule has 1 aliphatic heterocycles. The van der Waals surface area contributed by atoms with Gasteiger partial charge < -0.3 is 0 Å². The van der Waals surface area contributed by atoms with E-state index in [4.69, 9.17) is 0 Å². The number of halogens is 1. The molecule has 0 aliphatic carbocycles. The van der Waals surface area contributed by atoms with E-state index < -0.39 is 10.0 Å². The molecule has 1 aliphatic rings. The zero-order valence-electron chi connectivity index (χ0n) is 17.0. The van der Waals surface area contributed by atoms with Crippen molar-refractivity contribution in [3.8, 4) is 10.6 Å². The van der Waals surface area contributed by atoms with Gasteiger partial charge in [0.15, 0.2) is 5.13 Å². The molecule has 10 heteroatoms. The van der Waals surface area contributed by atoms with Gasteiger partial charge in [0.2, 0.25) is 10.0 Å². The number of sulfonamides is 1. The lowest BCUT2D eigenvalue weighted by atomic mass is 9.94. The van der Waals surface area contributed by atoms with Crippen LogP contribution in [0.3, 0.4) is 0 Å². The molecule has 2 aromatic heterocycles. The van der Waals surface area contributed by atoms with Crippen LogP contribution in [0.1, 0.15) is 30.6 Å². The van der Waals surface area contributed by atoms with E-state index in [0.717, 1.165) is 20.8 Å². The van der Waals surface area contributed by atoms with Gasteiger partial charge in [-0.3, -0.25) is 10.1 Å². The fourth-order valence-corrected chi connectivity index (χ4v) is 7.60. The number of amides is 1. The Morgan fingerprint density at radius 1 is 1.13 bits per heavy atom. The molecule has 164 valence electrons. The van der Waals surface area contributed by atoms with Gasteiger partial charge in [-0.1, -0.05) is 13.8 Å². The Morgan fingerprint density at radius 2 is 1.81 bits per heavy atom. The summed E-state index contributed by atoms with van der Waals surface area (Å²) in [4.78, 5) is 18.3. The number of carbonyl (C=O) groups excluding carboxylic acids is 1. The van der Waals surface area contributed by atoms with Gasteiger partial charge >= 0.3 is 0 Å². The van der Waals surface area contributed by atoms with E-state index in [1.165, 1.54) is 23.5 Å². The zero-order valence-corrected chi connectivity index (χ0v) is 21.1. The van der Waals surface area contributed by atoms with Crippen LogP contribution in [0, 0.1) is 11.8 Å². The van der Waals surface area contributed by atoms with E-state index in [1.807, 2.05) is 17.5 Å². The maximum Gasteiger partial charge on any atom is 0.257 e. The average Bonchev–Trinajstić information content (AvgIpc) is 3.36. The Hall–Kier alpha value is -1.59. The second-order valence-electron chi connectivity index (χ2n) is 7.89. The first-order valence-electron chi connectivity index (χ1n) is 9.85. The summed E-state index contributed by atoms with van der Waals surface area (Å²) in [6.45, 7) is 5.21. The average molecular weight is 541 g/mol. The fraction of sp³-hybridized carbons (Fsp3) is 0.333.